The van der Waals surface area contributed by atoms with E-state index in [0.29, 0.717) is 17.0 Å². The average molecular weight is 444 g/mol. The summed E-state index contributed by atoms with van der Waals surface area (Å²) in [5.74, 6) is -0.201. The van der Waals surface area contributed by atoms with Crippen molar-refractivity contribution in [2.75, 3.05) is 17.7 Å². The average Bonchev–Trinajstić information content (AvgIpc) is 3.08. The first-order valence-electron chi connectivity index (χ1n) is 9.33. The molecule has 0 atom stereocenters. The van der Waals surface area contributed by atoms with Crippen LogP contribution in [0.2, 0.25) is 0 Å². The summed E-state index contributed by atoms with van der Waals surface area (Å²) in [6, 6.07) is 11.8. The highest BCUT2D eigenvalue weighted by Gasteiger charge is 2.29. The molecule has 0 spiro atoms. The number of hydrogen-bond donors (Lipinski definition) is 1. The van der Waals surface area contributed by atoms with Crippen LogP contribution >= 0.6 is 11.3 Å². The van der Waals surface area contributed by atoms with Crippen LogP contribution in [0.3, 0.4) is 0 Å². The van der Waals surface area contributed by atoms with E-state index in [9.17, 15) is 14.0 Å². The number of methoxy groups -OCH3 is 1. The van der Waals surface area contributed by atoms with Gasteiger partial charge in [-0.1, -0.05) is 11.3 Å². The molecule has 3 aromatic rings. The Morgan fingerprint density at radius 3 is 2.23 bits per heavy atom. The minimum Gasteiger partial charge on any atom is -0.497 e. The third-order valence-corrected chi connectivity index (χ3v) is 5.11. The number of hydrogen-bond acceptors (Lipinski definition) is 7. The molecule has 3 rings (SSSR count). The molecule has 31 heavy (non-hydrogen) atoms. The summed E-state index contributed by atoms with van der Waals surface area (Å²) in [6.45, 7) is 5.17. The predicted molar refractivity (Wildman–Crippen MR) is 118 cm³/mol. The smallest absolute Gasteiger partial charge is 0.421 e. The van der Waals surface area contributed by atoms with Crippen LogP contribution in [-0.4, -0.2) is 29.6 Å². The van der Waals surface area contributed by atoms with Crippen molar-refractivity contribution in [3.63, 3.8) is 0 Å². The largest absolute Gasteiger partial charge is 0.497 e. The first kappa shape index (κ1) is 22.2. The SMILES string of the molecule is COc1ccc(C(=O)c2sc(N(C(=O)OC(C)(C)C)c3ccc(F)cc3)nc2N)cc1. The number of rotatable bonds is 5. The van der Waals surface area contributed by atoms with Gasteiger partial charge in [-0.05, 0) is 69.3 Å². The van der Waals surface area contributed by atoms with Gasteiger partial charge in [-0.3, -0.25) is 4.79 Å². The lowest BCUT2D eigenvalue weighted by Crippen LogP contribution is -2.33. The van der Waals surface area contributed by atoms with Crippen LogP contribution in [0.4, 0.5) is 25.8 Å². The van der Waals surface area contributed by atoms with Crippen LogP contribution in [0.5, 0.6) is 5.75 Å². The maximum atomic E-state index is 13.4. The van der Waals surface area contributed by atoms with Crippen LogP contribution in [0.1, 0.15) is 36.0 Å². The molecule has 0 aliphatic rings. The molecule has 0 aliphatic carbocycles. The number of anilines is 3. The van der Waals surface area contributed by atoms with E-state index in [1.807, 2.05) is 0 Å². The van der Waals surface area contributed by atoms with E-state index in [0.717, 1.165) is 16.2 Å². The van der Waals surface area contributed by atoms with Gasteiger partial charge in [0, 0.05) is 5.56 Å². The normalized spacial score (nSPS) is 11.1. The van der Waals surface area contributed by atoms with Crippen LogP contribution < -0.4 is 15.4 Å². The Morgan fingerprint density at radius 1 is 1.06 bits per heavy atom. The van der Waals surface area contributed by atoms with Crippen LogP contribution in [0.25, 0.3) is 0 Å². The lowest BCUT2D eigenvalue weighted by Gasteiger charge is -2.25. The predicted octanol–water partition coefficient (Wildman–Crippen LogP) is 5.18. The minimum atomic E-state index is -0.778. The number of benzene rings is 2. The van der Waals surface area contributed by atoms with Gasteiger partial charge in [-0.15, -0.1) is 0 Å². The molecule has 0 fully saturated rings. The Bertz CT molecular complexity index is 1090. The summed E-state index contributed by atoms with van der Waals surface area (Å²) in [4.78, 5) is 31.4. The lowest BCUT2D eigenvalue weighted by atomic mass is 10.1. The highest BCUT2D eigenvalue weighted by molar-refractivity contribution is 7.18. The Morgan fingerprint density at radius 2 is 1.68 bits per heavy atom. The standard InChI is InChI=1S/C22H22FN3O4S/c1-22(2,3)30-21(28)26(15-9-7-14(23)8-10-15)20-25-19(24)18(31-20)17(27)13-5-11-16(29-4)12-6-13/h5-12H,24H2,1-4H3. The highest BCUT2D eigenvalue weighted by Crippen LogP contribution is 2.35. The van der Waals surface area contributed by atoms with Crippen molar-refractivity contribution in [2.24, 2.45) is 0 Å². The van der Waals surface area contributed by atoms with E-state index >= 15 is 0 Å². The van der Waals surface area contributed by atoms with Crippen molar-refractivity contribution in [1.29, 1.82) is 0 Å². The molecule has 0 bridgehead atoms. The first-order chi connectivity index (χ1) is 14.6. The summed E-state index contributed by atoms with van der Waals surface area (Å²) in [7, 11) is 1.53. The number of aromatic nitrogens is 1. The molecular weight excluding hydrogens is 421 g/mol. The third-order valence-electron chi connectivity index (χ3n) is 4.05. The topological polar surface area (TPSA) is 94.8 Å². The van der Waals surface area contributed by atoms with Crippen molar-refractivity contribution in [3.05, 3.63) is 64.8 Å². The summed E-state index contributed by atoms with van der Waals surface area (Å²) in [6.07, 6.45) is -0.726. The minimum absolute atomic E-state index is 0.0171. The molecule has 1 amide bonds. The summed E-state index contributed by atoms with van der Waals surface area (Å²) < 4.78 is 24.0. The molecule has 1 heterocycles. The van der Waals surface area contributed by atoms with Gasteiger partial charge in [0.15, 0.2) is 0 Å². The third kappa shape index (κ3) is 5.18. The fourth-order valence-corrected chi connectivity index (χ4v) is 3.60. The number of amides is 1. The van der Waals surface area contributed by atoms with Gasteiger partial charge >= 0.3 is 6.09 Å². The van der Waals surface area contributed by atoms with E-state index in [2.05, 4.69) is 4.98 Å². The zero-order valence-corrected chi connectivity index (χ0v) is 18.3. The molecular formula is C22H22FN3O4S. The van der Waals surface area contributed by atoms with Crippen LogP contribution in [0, 0.1) is 5.82 Å². The highest BCUT2D eigenvalue weighted by atomic mass is 32.1. The van der Waals surface area contributed by atoms with Gasteiger partial charge in [0.2, 0.25) is 10.9 Å². The van der Waals surface area contributed by atoms with Gasteiger partial charge in [0.25, 0.3) is 0 Å². The molecule has 1 aromatic heterocycles. The van der Waals surface area contributed by atoms with E-state index in [1.54, 1.807) is 45.0 Å². The van der Waals surface area contributed by atoms with Gasteiger partial charge in [0.1, 0.15) is 27.9 Å². The Labute approximate surface area is 183 Å². The van der Waals surface area contributed by atoms with Crippen LogP contribution in [-0.2, 0) is 4.74 Å². The van der Waals surface area contributed by atoms with Gasteiger partial charge in [-0.25, -0.2) is 19.1 Å². The second-order valence-corrected chi connectivity index (χ2v) is 8.54. The summed E-state index contributed by atoms with van der Waals surface area (Å²) in [5.41, 5.74) is 5.96. The second-order valence-electron chi connectivity index (χ2n) is 7.56. The second kappa shape index (κ2) is 8.73. The van der Waals surface area contributed by atoms with Gasteiger partial charge in [-0.2, -0.15) is 0 Å². The number of halogens is 1. The van der Waals surface area contributed by atoms with Crippen molar-refractivity contribution in [2.45, 2.75) is 26.4 Å². The van der Waals surface area contributed by atoms with Gasteiger partial charge < -0.3 is 15.2 Å². The first-order valence-corrected chi connectivity index (χ1v) is 10.1. The maximum Gasteiger partial charge on any atom is 0.421 e. The Hall–Kier alpha value is -3.46. The quantitative estimate of drug-likeness (QED) is 0.546. The van der Waals surface area contributed by atoms with Crippen molar-refractivity contribution >= 4 is 39.9 Å². The van der Waals surface area contributed by atoms with Crippen molar-refractivity contribution in [1.82, 2.24) is 4.98 Å². The molecule has 7 nitrogen and oxygen atoms in total. The monoisotopic (exact) mass is 443 g/mol. The van der Waals surface area contributed by atoms with E-state index < -0.39 is 17.5 Å². The lowest BCUT2D eigenvalue weighted by molar-refractivity contribution is 0.0599. The zero-order chi connectivity index (χ0) is 22.8. The molecule has 0 radical (unpaired) electrons. The number of ether oxygens (including phenoxy) is 2. The molecule has 0 saturated carbocycles. The summed E-state index contributed by atoms with van der Waals surface area (Å²) in [5, 5.41) is 0.134. The fourth-order valence-electron chi connectivity index (χ4n) is 2.64. The number of ketones is 1. The van der Waals surface area contributed by atoms with Crippen LogP contribution in [0.15, 0.2) is 48.5 Å². The number of nitrogens with two attached hydrogens (primary N) is 1. The molecule has 2 aromatic carbocycles. The van der Waals surface area contributed by atoms with E-state index in [4.69, 9.17) is 15.2 Å². The van der Waals surface area contributed by atoms with Crippen molar-refractivity contribution in [3.8, 4) is 5.75 Å². The number of carbonyl (C=O) groups is 2. The number of thiazole rings is 1. The van der Waals surface area contributed by atoms with Crippen molar-refractivity contribution < 1.29 is 23.5 Å². The molecule has 0 saturated heterocycles. The fraction of sp³-hybridized carbons (Fsp3) is 0.227. The number of nitrogens with zero attached hydrogens (tertiary/aromatic N) is 2. The molecule has 0 unspecified atom stereocenters. The number of nitrogen functional groups attached to an aromatic ring is 1. The Balaban J connectivity index is 2.00. The summed E-state index contributed by atoms with van der Waals surface area (Å²) >= 11 is 0.948. The molecule has 162 valence electrons. The Kier molecular flexibility index (Phi) is 6.26. The van der Waals surface area contributed by atoms with Gasteiger partial charge in [0.05, 0.1) is 12.8 Å². The molecule has 9 heteroatoms. The zero-order valence-electron chi connectivity index (χ0n) is 17.5. The van der Waals surface area contributed by atoms with E-state index in [1.165, 1.54) is 31.4 Å². The van der Waals surface area contributed by atoms with E-state index in [-0.39, 0.29) is 21.6 Å². The molecule has 0 aliphatic heterocycles. The molecule has 2 N–H and O–H groups in total. The number of carbonyl (C=O) groups excluding carboxylic acids is 2. The maximum absolute atomic E-state index is 13.4.